The lowest BCUT2D eigenvalue weighted by molar-refractivity contribution is 0.552. The van der Waals surface area contributed by atoms with Gasteiger partial charge in [0.15, 0.2) is 0 Å². The summed E-state index contributed by atoms with van der Waals surface area (Å²) in [5.74, 6) is 1.54. The van der Waals surface area contributed by atoms with Crippen molar-refractivity contribution in [2.45, 2.75) is 24.8 Å². The van der Waals surface area contributed by atoms with Crippen molar-refractivity contribution in [1.29, 1.82) is 0 Å². The highest BCUT2D eigenvalue weighted by Crippen LogP contribution is 2.63. The molecule has 2 aromatic rings. The van der Waals surface area contributed by atoms with Crippen LogP contribution in [0.4, 0.5) is 4.39 Å². The maximum atomic E-state index is 13.4. The summed E-state index contributed by atoms with van der Waals surface area (Å²) in [6.07, 6.45) is 2.39. The molecule has 4 rings (SSSR count). The quantitative estimate of drug-likeness (QED) is 0.847. The van der Waals surface area contributed by atoms with E-state index in [2.05, 4.69) is 40.2 Å². The highest BCUT2D eigenvalue weighted by Gasteiger charge is 2.55. The van der Waals surface area contributed by atoms with Crippen molar-refractivity contribution in [1.82, 2.24) is 0 Å². The summed E-state index contributed by atoms with van der Waals surface area (Å²) in [6, 6.07) is 13.9. The van der Waals surface area contributed by atoms with E-state index in [-0.39, 0.29) is 11.9 Å². The van der Waals surface area contributed by atoms with Crippen LogP contribution in [0.3, 0.4) is 0 Å². The van der Waals surface area contributed by atoms with Gasteiger partial charge in [0.1, 0.15) is 5.82 Å². The molecule has 21 heavy (non-hydrogen) atoms. The van der Waals surface area contributed by atoms with Gasteiger partial charge in [0.05, 0.1) is 4.47 Å². The number of fused-ring (bicyclic) bond motifs is 3. The third-order valence-corrected chi connectivity index (χ3v) is 5.74. The molecule has 4 atom stereocenters. The van der Waals surface area contributed by atoms with Gasteiger partial charge in [-0.15, -0.1) is 0 Å². The molecule has 0 bridgehead atoms. The Balaban J connectivity index is 1.63. The molecule has 1 nitrogen and oxygen atoms in total. The molecule has 1 saturated carbocycles. The van der Waals surface area contributed by atoms with Crippen molar-refractivity contribution in [2.24, 2.45) is 17.6 Å². The molecule has 1 fully saturated rings. The first kappa shape index (κ1) is 13.5. The van der Waals surface area contributed by atoms with Crippen LogP contribution in [-0.4, -0.2) is 0 Å². The summed E-state index contributed by atoms with van der Waals surface area (Å²) in [5.41, 5.74) is 10.5. The van der Waals surface area contributed by atoms with Gasteiger partial charge in [-0.25, -0.2) is 4.39 Å². The van der Waals surface area contributed by atoms with Crippen molar-refractivity contribution < 1.29 is 4.39 Å². The molecule has 0 saturated heterocycles. The Labute approximate surface area is 132 Å². The smallest absolute Gasteiger partial charge is 0.137 e. The standard InChI is InChI=1S/C18H17BrFN/c19-14-9-11(6-8-15(14)20)18(21)17-13-7-5-10-3-1-2-4-12(10)16(13)17/h1-4,6,8-9,13,16-18H,5,7,21H2. The Morgan fingerprint density at radius 2 is 2.00 bits per heavy atom. The summed E-state index contributed by atoms with van der Waals surface area (Å²) in [7, 11) is 0. The van der Waals surface area contributed by atoms with Gasteiger partial charge in [0, 0.05) is 6.04 Å². The van der Waals surface area contributed by atoms with Gasteiger partial charge < -0.3 is 5.73 Å². The molecule has 0 aromatic heterocycles. The second-order valence-electron chi connectivity index (χ2n) is 6.20. The molecule has 2 aromatic carbocycles. The second kappa shape index (κ2) is 4.92. The largest absolute Gasteiger partial charge is 0.324 e. The second-order valence-corrected chi connectivity index (χ2v) is 7.06. The minimum atomic E-state index is -0.232. The van der Waals surface area contributed by atoms with Crippen molar-refractivity contribution >= 4 is 15.9 Å². The lowest BCUT2D eigenvalue weighted by Gasteiger charge is -2.14. The molecule has 0 spiro atoms. The first-order valence-corrected chi connectivity index (χ1v) is 8.24. The molecule has 108 valence electrons. The van der Waals surface area contributed by atoms with Crippen LogP contribution in [0.15, 0.2) is 46.9 Å². The minimum Gasteiger partial charge on any atom is -0.324 e. The van der Waals surface area contributed by atoms with Crippen LogP contribution in [0.5, 0.6) is 0 Å². The molecule has 4 unspecified atom stereocenters. The first-order valence-electron chi connectivity index (χ1n) is 7.45. The van der Waals surface area contributed by atoms with Crippen LogP contribution in [0.2, 0.25) is 0 Å². The fourth-order valence-electron chi connectivity index (χ4n) is 4.05. The SMILES string of the molecule is NC(c1ccc(F)c(Br)c1)C1C2CCc3ccccc3C21. The number of benzene rings is 2. The van der Waals surface area contributed by atoms with Crippen LogP contribution in [0, 0.1) is 17.7 Å². The zero-order chi connectivity index (χ0) is 14.6. The molecular weight excluding hydrogens is 329 g/mol. The molecule has 0 heterocycles. The van der Waals surface area contributed by atoms with Crippen LogP contribution in [0.1, 0.15) is 35.1 Å². The van der Waals surface area contributed by atoms with E-state index >= 15 is 0 Å². The third kappa shape index (κ3) is 2.14. The third-order valence-electron chi connectivity index (χ3n) is 5.13. The summed E-state index contributed by atoms with van der Waals surface area (Å²) < 4.78 is 13.9. The van der Waals surface area contributed by atoms with Crippen LogP contribution >= 0.6 is 15.9 Å². The Morgan fingerprint density at radius 3 is 2.81 bits per heavy atom. The maximum Gasteiger partial charge on any atom is 0.137 e. The number of hydrogen-bond donors (Lipinski definition) is 1. The molecule has 2 aliphatic carbocycles. The van der Waals surface area contributed by atoms with E-state index in [1.54, 1.807) is 0 Å². The van der Waals surface area contributed by atoms with Gasteiger partial charge in [-0.2, -0.15) is 0 Å². The van der Waals surface area contributed by atoms with E-state index in [0.29, 0.717) is 22.2 Å². The van der Waals surface area contributed by atoms with Crippen molar-refractivity contribution in [3.8, 4) is 0 Å². The van der Waals surface area contributed by atoms with E-state index in [4.69, 9.17) is 5.73 Å². The van der Waals surface area contributed by atoms with Crippen LogP contribution in [-0.2, 0) is 6.42 Å². The monoisotopic (exact) mass is 345 g/mol. The van der Waals surface area contributed by atoms with Gasteiger partial charge in [-0.3, -0.25) is 0 Å². The Morgan fingerprint density at radius 1 is 1.19 bits per heavy atom. The number of rotatable bonds is 2. The van der Waals surface area contributed by atoms with Gasteiger partial charge in [0.25, 0.3) is 0 Å². The summed E-state index contributed by atoms with van der Waals surface area (Å²) in [6.45, 7) is 0. The average molecular weight is 346 g/mol. The highest BCUT2D eigenvalue weighted by atomic mass is 79.9. The lowest BCUT2D eigenvalue weighted by Crippen LogP contribution is -2.14. The highest BCUT2D eigenvalue weighted by molar-refractivity contribution is 9.10. The number of nitrogens with two attached hydrogens (primary N) is 1. The minimum absolute atomic E-state index is 0.0111. The van der Waals surface area contributed by atoms with E-state index < -0.39 is 0 Å². The lowest BCUT2D eigenvalue weighted by atomic mass is 9.92. The molecule has 0 aliphatic heterocycles. The van der Waals surface area contributed by atoms with Crippen molar-refractivity contribution in [3.05, 3.63) is 69.4 Å². The summed E-state index contributed by atoms with van der Waals surface area (Å²) in [4.78, 5) is 0. The normalized spacial score (nSPS) is 27.7. The maximum absolute atomic E-state index is 13.4. The summed E-state index contributed by atoms with van der Waals surface area (Å²) in [5, 5.41) is 0. The van der Waals surface area contributed by atoms with E-state index in [9.17, 15) is 4.39 Å². The Bertz CT molecular complexity index is 699. The van der Waals surface area contributed by atoms with Gasteiger partial charge in [-0.05, 0) is 75.3 Å². The molecule has 0 amide bonds. The van der Waals surface area contributed by atoms with Crippen molar-refractivity contribution in [2.75, 3.05) is 0 Å². The van der Waals surface area contributed by atoms with Crippen LogP contribution < -0.4 is 5.73 Å². The number of halogens is 2. The molecule has 2 aliphatic rings. The predicted molar refractivity (Wildman–Crippen MR) is 85.5 cm³/mol. The first-order chi connectivity index (χ1) is 10.2. The predicted octanol–water partition coefficient (Wildman–Crippen LogP) is 4.56. The fraction of sp³-hybridized carbons (Fsp3) is 0.333. The average Bonchev–Trinajstić information content (AvgIpc) is 3.24. The van der Waals surface area contributed by atoms with E-state index in [1.807, 2.05) is 12.1 Å². The van der Waals surface area contributed by atoms with Gasteiger partial charge >= 0.3 is 0 Å². The number of hydrogen-bond acceptors (Lipinski definition) is 1. The van der Waals surface area contributed by atoms with E-state index in [0.717, 1.165) is 12.0 Å². The topological polar surface area (TPSA) is 26.0 Å². The van der Waals surface area contributed by atoms with Crippen LogP contribution in [0.25, 0.3) is 0 Å². The summed E-state index contributed by atoms with van der Waals surface area (Å²) >= 11 is 3.26. The number of aryl methyl sites for hydroxylation is 1. The van der Waals surface area contributed by atoms with Gasteiger partial charge in [0.2, 0.25) is 0 Å². The zero-order valence-corrected chi connectivity index (χ0v) is 13.2. The molecular formula is C18H17BrFN. The van der Waals surface area contributed by atoms with Gasteiger partial charge in [-0.1, -0.05) is 30.3 Å². The molecule has 0 radical (unpaired) electrons. The zero-order valence-electron chi connectivity index (χ0n) is 11.6. The molecule has 2 N–H and O–H groups in total. The Kier molecular flexibility index (Phi) is 3.16. The van der Waals surface area contributed by atoms with E-state index in [1.165, 1.54) is 23.6 Å². The fourth-order valence-corrected chi connectivity index (χ4v) is 4.45. The molecule has 3 heteroatoms. The Hall–Kier alpha value is -1.19. The van der Waals surface area contributed by atoms with Crippen molar-refractivity contribution in [3.63, 3.8) is 0 Å².